The quantitative estimate of drug-likeness (QED) is 0.825. The van der Waals surface area contributed by atoms with Gasteiger partial charge in [-0.1, -0.05) is 6.92 Å². The van der Waals surface area contributed by atoms with Crippen LogP contribution < -0.4 is 15.4 Å². The van der Waals surface area contributed by atoms with E-state index in [1.54, 1.807) is 25.4 Å². The summed E-state index contributed by atoms with van der Waals surface area (Å²) >= 11 is 0. The molecule has 0 aliphatic carbocycles. The number of hydrogen-bond donors (Lipinski definition) is 2. The maximum atomic E-state index is 11.9. The highest BCUT2D eigenvalue weighted by molar-refractivity contribution is 5.89. The maximum Gasteiger partial charge on any atom is 0.319 e. The molecule has 2 heterocycles. The Kier molecular flexibility index (Phi) is 6.61. The summed E-state index contributed by atoms with van der Waals surface area (Å²) in [5, 5.41) is 5.69. The Labute approximate surface area is 138 Å². The van der Waals surface area contributed by atoms with Gasteiger partial charge in [0.1, 0.15) is 0 Å². The minimum absolute atomic E-state index is 0.212. The normalized spacial score (nSPS) is 17.5. The third-order valence-electron chi connectivity index (χ3n) is 4.24. The van der Waals surface area contributed by atoms with Crippen LogP contribution in [-0.4, -0.2) is 73.2 Å². The molecule has 1 aliphatic rings. The third-order valence-corrected chi connectivity index (χ3v) is 4.24. The van der Waals surface area contributed by atoms with Crippen LogP contribution in [-0.2, 0) is 0 Å². The molecule has 1 saturated heterocycles. The van der Waals surface area contributed by atoms with Gasteiger partial charge in [0.05, 0.1) is 19.0 Å². The predicted molar refractivity (Wildman–Crippen MR) is 91.0 cm³/mol. The van der Waals surface area contributed by atoms with Gasteiger partial charge in [-0.15, -0.1) is 0 Å². The lowest BCUT2D eigenvalue weighted by Gasteiger charge is -2.37. The third kappa shape index (κ3) is 5.37. The van der Waals surface area contributed by atoms with Crippen molar-refractivity contribution in [2.45, 2.75) is 19.9 Å². The van der Waals surface area contributed by atoms with Crippen molar-refractivity contribution in [3.05, 3.63) is 18.3 Å². The van der Waals surface area contributed by atoms with Crippen LogP contribution in [0.25, 0.3) is 0 Å². The summed E-state index contributed by atoms with van der Waals surface area (Å²) in [6.07, 6.45) is 1.58. The number of methoxy groups -OCH3 is 1. The largest absolute Gasteiger partial charge is 0.481 e. The number of nitrogens with one attached hydrogen (secondary N) is 2. The molecule has 23 heavy (non-hydrogen) atoms. The first-order valence-electron chi connectivity index (χ1n) is 8.13. The zero-order chi connectivity index (χ0) is 16.7. The monoisotopic (exact) mass is 321 g/mol. The highest BCUT2D eigenvalue weighted by atomic mass is 16.5. The first-order valence-corrected chi connectivity index (χ1v) is 8.13. The molecule has 7 heteroatoms. The van der Waals surface area contributed by atoms with E-state index in [9.17, 15) is 4.79 Å². The Hall–Kier alpha value is -1.86. The summed E-state index contributed by atoms with van der Waals surface area (Å²) in [4.78, 5) is 20.9. The zero-order valence-corrected chi connectivity index (χ0v) is 14.2. The molecule has 0 unspecified atom stereocenters. The second kappa shape index (κ2) is 8.69. The number of likely N-dealkylation sites (N-methyl/N-ethyl adjacent to an activating group) is 1. The van der Waals surface area contributed by atoms with Crippen molar-refractivity contribution in [3.63, 3.8) is 0 Å². The van der Waals surface area contributed by atoms with Crippen molar-refractivity contribution in [2.24, 2.45) is 0 Å². The van der Waals surface area contributed by atoms with Gasteiger partial charge in [0.2, 0.25) is 5.88 Å². The molecule has 0 radical (unpaired) electrons. The number of urea groups is 1. The average molecular weight is 321 g/mol. The Bertz CT molecular complexity index is 486. The zero-order valence-electron chi connectivity index (χ0n) is 14.2. The minimum atomic E-state index is -0.212. The lowest BCUT2D eigenvalue weighted by atomic mass is 10.2. The lowest BCUT2D eigenvalue weighted by molar-refractivity contribution is 0.106. The molecule has 0 spiro atoms. The van der Waals surface area contributed by atoms with Crippen LogP contribution in [0.1, 0.15) is 13.8 Å². The highest BCUT2D eigenvalue weighted by Crippen LogP contribution is 2.10. The molecule has 2 amide bonds. The van der Waals surface area contributed by atoms with Gasteiger partial charge in [-0.05, 0) is 19.5 Å². The van der Waals surface area contributed by atoms with Gasteiger partial charge < -0.3 is 20.3 Å². The molecule has 1 aromatic rings. The van der Waals surface area contributed by atoms with Gasteiger partial charge in [-0.3, -0.25) is 4.90 Å². The molecule has 0 aromatic carbocycles. The second-order valence-corrected chi connectivity index (χ2v) is 5.74. The van der Waals surface area contributed by atoms with Gasteiger partial charge in [0, 0.05) is 44.8 Å². The summed E-state index contributed by atoms with van der Waals surface area (Å²) in [6, 6.07) is 3.59. The van der Waals surface area contributed by atoms with Crippen LogP contribution >= 0.6 is 0 Å². The van der Waals surface area contributed by atoms with Crippen LogP contribution in [0.15, 0.2) is 18.3 Å². The van der Waals surface area contributed by atoms with E-state index in [0.29, 0.717) is 24.2 Å². The molecule has 0 saturated carbocycles. The number of piperazine rings is 1. The van der Waals surface area contributed by atoms with Gasteiger partial charge >= 0.3 is 6.03 Å². The van der Waals surface area contributed by atoms with Crippen molar-refractivity contribution in [2.75, 3.05) is 51.7 Å². The number of carbonyl (C=O) groups excluding carboxylic acids is 1. The number of hydrogen-bond acceptors (Lipinski definition) is 5. The molecule has 1 atom stereocenters. The number of aromatic nitrogens is 1. The van der Waals surface area contributed by atoms with E-state index >= 15 is 0 Å². The van der Waals surface area contributed by atoms with E-state index in [1.807, 2.05) is 0 Å². The first-order chi connectivity index (χ1) is 11.1. The Morgan fingerprint density at radius 1 is 1.35 bits per heavy atom. The Morgan fingerprint density at radius 2 is 2.09 bits per heavy atom. The van der Waals surface area contributed by atoms with Gasteiger partial charge in [-0.25, -0.2) is 9.78 Å². The topological polar surface area (TPSA) is 69.7 Å². The fourth-order valence-electron chi connectivity index (χ4n) is 2.64. The SMILES string of the molecule is CCN1CCN([C@@H](C)CNC(=O)Nc2ccc(OC)nc2)CC1. The summed E-state index contributed by atoms with van der Waals surface area (Å²) in [5.74, 6) is 0.524. The first kappa shape index (κ1) is 17.5. The van der Waals surface area contributed by atoms with E-state index in [4.69, 9.17) is 4.74 Å². The Balaban J connectivity index is 1.71. The van der Waals surface area contributed by atoms with Crippen LogP contribution in [0, 0.1) is 0 Å². The van der Waals surface area contributed by atoms with Crippen molar-refractivity contribution < 1.29 is 9.53 Å². The number of nitrogens with zero attached hydrogens (tertiary/aromatic N) is 3. The minimum Gasteiger partial charge on any atom is -0.481 e. The fraction of sp³-hybridized carbons (Fsp3) is 0.625. The molecule has 0 bridgehead atoms. The molecule has 2 N–H and O–H groups in total. The molecule has 1 aliphatic heterocycles. The molecule has 2 rings (SSSR count). The van der Waals surface area contributed by atoms with Crippen LogP contribution in [0.3, 0.4) is 0 Å². The molecular formula is C16H27N5O2. The smallest absolute Gasteiger partial charge is 0.319 e. The lowest BCUT2D eigenvalue weighted by Crippen LogP contribution is -2.52. The van der Waals surface area contributed by atoms with Crippen LogP contribution in [0.4, 0.5) is 10.5 Å². The summed E-state index contributed by atoms with van der Waals surface area (Å²) in [5.41, 5.74) is 0.646. The molecule has 128 valence electrons. The standard InChI is InChI=1S/C16H27N5O2/c1-4-20-7-9-21(10-8-20)13(2)11-18-16(22)19-14-5-6-15(23-3)17-12-14/h5-6,12-13H,4,7-11H2,1-3H3,(H2,18,19,22)/t13-/m0/s1. The number of anilines is 1. The number of pyridine rings is 1. The molecular weight excluding hydrogens is 294 g/mol. The van der Waals surface area contributed by atoms with Crippen molar-refractivity contribution >= 4 is 11.7 Å². The molecule has 1 fully saturated rings. The van der Waals surface area contributed by atoms with Crippen molar-refractivity contribution in [3.8, 4) is 5.88 Å². The predicted octanol–water partition coefficient (Wildman–Crippen LogP) is 1.24. The van der Waals surface area contributed by atoms with Crippen LogP contribution in [0.5, 0.6) is 5.88 Å². The molecule has 7 nitrogen and oxygen atoms in total. The van der Waals surface area contributed by atoms with E-state index < -0.39 is 0 Å². The van der Waals surface area contributed by atoms with E-state index in [2.05, 4.69) is 39.3 Å². The summed E-state index contributed by atoms with van der Waals surface area (Å²) in [6.45, 7) is 10.4. The van der Waals surface area contributed by atoms with E-state index in [-0.39, 0.29) is 6.03 Å². The Morgan fingerprint density at radius 3 is 2.65 bits per heavy atom. The van der Waals surface area contributed by atoms with Crippen molar-refractivity contribution in [1.29, 1.82) is 0 Å². The number of carbonyl (C=O) groups is 1. The maximum absolute atomic E-state index is 11.9. The average Bonchev–Trinajstić information content (AvgIpc) is 2.60. The van der Waals surface area contributed by atoms with Gasteiger partial charge in [0.25, 0.3) is 0 Å². The van der Waals surface area contributed by atoms with Gasteiger partial charge in [0.15, 0.2) is 0 Å². The fourth-order valence-corrected chi connectivity index (χ4v) is 2.64. The molecule has 1 aromatic heterocycles. The van der Waals surface area contributed by atoms with Crippen LogP contribution in [0.2, 0.25) is 0 Å². The van der Waals surface area contributed by atoms with E-state index in [0.717, 1.165) is 32.7 Å². The second-order valence-electron chi connectivity index (χ2n) is 5.74. The summed E-state index contributed by atoms with van der Waals surface area (Å²) < 4.78 is 4.99. The summed E-state index contributed by atoms with van der Waals surface area (Å²) in [7, 11) is 1.56. The van der Waals surface area contributed by atoms with Crippen molar-refractivity contribution in [1.82, 2.24) is 20.1 Å². The van der Waals surface area contributed by atoms with E-state index in [1.165, 1.54) is 0 Å². The number of amides is 2. The highest BCUT2D eigenvalue weighted by Gasteiger charge is 2.20. The van der Waals surface area contributed by atoms with Gasteiger partial charge in [-0.2, -0.15) is 0 Å². The number of ether oxygens (including phenoxy) is 1. The number of rotatable bonds is 6.